The number of carbonyl (C=O) groups excluding carboxylic acids is 1. The van der Waals surface area contributed by atoms with Crippen LogP contribution in [-0.4, -0.2) is 37.8 Å². The Hall–Kier alpha value is -0.820. The molecule has 8 heteroatoms. The molecular formula is C18H26Cl2N2O3S. The summed E-state index contributed by atoms with van der Waals surface area (Å²) in [6, 6.07) is 4.93. The number of hydrogen-bond donors (Lipinski definition) is 1. The summed E-state index contributed by atoms with van der Waals surface area (Å²) >= 11 is 11.9. The monoisotopic (exact) mass is 420 g/mol. The Balaban J connectivity index is 2.02. The molecule has 1 aliphatic heterocycles. The van der Waals surface area contributed by atoms with E-state index in [1.54, 1.807) is 18.2 Å². The third kappa shape index (κ3) is 5.84. The highest BCUT2D eigenvalue weighted by atomic mass is 35.5. The van der Waals surface area contributed by atoms with Crippen LogP contribution in [0.1, 0.15) is 45.1 Å². The minimum Gasteiger partial charge on any atom is -0.353 e. The first-order chi connectivity index (χ1) is 12.2. The van der Waals surface area contributed by atoms with Crippen molar-refractivity contribution in [3.05, 3.63) is 33.8 Å². The first-order valence-corrected chi connectivity index (χ1v) is 11.3. The molecule has 0 aromatic heterocycles. The summed E-state index contributed by atoms with van der Waals surface area (Å²) < 4.78 is 26.9. The van der Waals surface area contributed by atoms with Crippen molar-refractivity contribution in [3.8, 4) is 0 Å². The van der Waals surface area contributed by atoms with E-state index in [-0.39, 0.29) is 30.2 Å². The molecule has 0 bridgehead atoms. The zero-order chi connectivity index (χ0) is 19.3. The zero-order valence-electron chi connectivity index (χ0n) is 15.2. The van der Waals surface area contributed by atoms with E-state index >= 15 is 0 Å². The summed E-state index contributed by atoms with van der Waals surface area (Å²) in [5, 5.41) is 3.72. The molecule has 2 rings (SSSR count). The third-order valence-corrected chi connectivity index (χ3v) is 7.15. The molecule has 2 atom stereocenters. The molecule has 0 unspecified atom stereocenters. The maximum Gasteiger partial charge on any atom is 0.224 e. The Bertz CT molecular complexity index is 740. The number of nitrogens with one attached hydrogen (secondary N) is 1. The lowest BCUT2D eigenvalue weighted by molar-refractivity contribution is -0.126. The maximum absolute atomic E-state index is 12.8. The van der Waals surface area contributed by atoms with Gasteiger partial charge in [-0.2, -0.15) is 0 Å². The van der Waals surface area contributed by atoms with Crippen molar-refractivity contribution in [1.29, 1.82) is 0 Å². The van der Waals surface area contributed by atoms with Crippen molar-refractivity contribution in [3.63, 3.8) is 0 Å². The first-order valence-electron chi connectivity index (χ1n) is 8.95. The summed E-state index contributed by atoms with van der Waals surface area (Å²) in [7, 11) is -3.52. The molecule has 1 N–H and O–H groups in total. The number of amides is 1. The van der Waals surface area contributed by atoms with E-state index in [0.717, 1.165) is 12.8 Å². The van der Waals surface area contributed by atoms with Crippen molar-refractivity contribution in [2.24, 2.45) is 5.92 Å². The molecule has 26 heavy (non-hydrogen) atoms. The Morgan fingerprint density at radius 2 is 2.08 bits per heavy atom. The van der Waals surface area contributed by atoms with E-state index in [1.165, 1.54) is 4.31 Å². The van der Waals surface area contributed by atoms with Crippen LogP contribution in [0.2, 0.25) is 10.0 Å². The Labute approximate surface area is 166 Å². The molecule has 1 aromatic carbocycles. The van der Waals surface area contributed by atoms with Crippen LogP contribution in [0.4, 0.5) is 0 Å². The van der Waals surface area contributed by atoms with Gasteiger partial charge in [0.15, 0.2) is 0 Å². The van der Waals surface area contributed by atoms with Crippen LogP contribution in [0.3, 0.4) is 0 Å². The smallest absolute Gasteiger partial charge is 0.224 e. The van der Waals surface area contributed by atoms with Gasteiger partial charge in [-0.15, -0.1) is 0 Å². The van der Waals surface area contributed by atoms with Crippen molar-refractivity contribution >= 4 is 39.1 Å². The molecule has 5 nitrogen and oxygen atoms in total. The predicted molar refractivity (Wildman–Crippen MR) is 106 cm³/mol. The Morgan fingerprint density at radius 3 is 2.73 bits per heavy atom. The third-order valence-electron chi connectivity index (χ3n) is 4.59. The highest BCUT2D eigenvalue weighted by molar-refractivity contribution is 7.88. The van der Waals surface area contributed by atoms with Crippen molar-refractivity contribution in [2.75, 3.05) is 13.1 Å². The van der Waals surface area contributed by atoms with Crippen LogP contribution in [0.15, 0.2) is 18.2 Å². The molecule has 146 valence electrons. The molecule has 0 aliphatic carbocycles. The molecule has 1 saturated heterocycles. The Morgan fingerprint density at radius 1 is 1.35 bits per heavy atom. The van der Waals surface area contributed by atoms with E-state index in [1.807, 2.05) is 6.92 Å². The number of sulfonamides is 1. The largest absolute Gasteiger partial charge is 0.353 e. The molecule has 0 saturated carbocycles. The van der Waals surface area contributed by atoms with Gasteiger partial charge in [-0.25, -0.2) is 12.7 Å². The van der Waals surface area contributed by atoms with Gasteiger partial charge in [-0.3, -0.25) is 4.79 Å². The normalized spacial score (nSPS) is 19.9. The van der Waals surface area contributed by atoms with Gasteiger partial charge in [-0.05, 0) is 43.9 Å². The first kappa shape index (κ1) is 21.5. The minimum atomic E-state index is -3.52. The maximum atomic E-state index is 12.8. The van der Waals surface area contributed by atoms with Crippen molar-refractivity contribution in [1.82, 2.24) is 9.62 Å². The average molecular weight is 421 g/mol. The van der Waals surface area contributed by atoms with Crippen LogP contribution in [-0.2, 0) is 20.6 Å². The molecular weight excluding hydrogens is 395 g/mol. The highest BCUT2D eigenvalue weighted by Gasteiger charge is 2.32. The van der Waals surface area contributed by atoms with E-state index in [2.05, 4.69) is 12.2 Å². The standard InChI is InChI=1S/C18H26Cl2N2O3S/c1-3-5-13(2)21-18(23)15-6-4-9-22(11-15)26(24,25)12-14-7-8-16(19)17(20)10-14/h7-8,10,13,15H,3-6,9,11-12H2,1-2H3,(H,21,23)/t13-,15-/m0/s1. The predicted octanol–water partition coefficient (Wildman–Crippen LogP) is 3.84. The molecule has 1 fully saturated rings. The van der Waals surface area contributed by atoms with Crippen molar-refractivity contribution in [2.45, 2.75) is 51.3 Å². The molecule has 0 spiro atoms. The average Bonchev–Trinajstić information content (AvgIpc) is 2.58. The number of carbonyl (C=O) groups is 1. The second-order valence-electron chi connectivity index (χ2n) is 6.90. The summed E-state index contributed by atoms with van der Waals surface area (Å²) in [5.74, 6) is -0.503. The zero-order valence-corrected chi connectivity index (χ0v) is 17.5. The van der Waals surface area contributed by atoms with Gasteiger partial charge in [0.25, 0.3) is 0 Å². The van der Waals surface area contributed by atoms with E-state index in [4.69, 9.17) is 23.2 Å². The van der Waals surface area contributed by atoms with E-state index in [9.17, 15) is 13.2 Å². The van der Waals surface area contributed by atoms with Gasteiger partial charge < -0.3 is 5.32 Å². The molecule has 1 aliphatic rings. The van der Waals surface area contributed by atoms with Crippen LogP contribution in [0.5, 0.6) is 0 Å². The number of benzene rings is 1. The summed E-state index contributed by atoms with van der Waals surface area (Å²) in [4.78, 5) is 12.4. The van der Waals surface area contributed by atoms with Crippen LogP contribution in [0.25, 0.3) is 0 Å². The minimum absolute atomic E-state index is 0.0552. The lowest BCUT2D eigenvalue weighted by atomic mass is 9.98. The molecule has 1 amide bonds. The van der Waals surface area contributed by atoms with E-state index in [0.29, 0.717) is 35.0 Å². The van der Waals surface area contributed by atoms with Crippen LogP contribution in [0, 0.1) is 5.92 Å². The van der Waals surface area contributed by atoms with Crippen LogP contribution < -0.4 is 5.32 Å². The van der Waals surface area contributed by atoms with Gasteiger partial charge >= 0.3 is 0 Å². The van der Waals surface area contributed by atoms with Gasteiger partial charge in [-0.1, -0.05) is 42.6 Å². The number of nitrogens with zero attached hydrogens (tertiary/aromatic N) is 1. The Kier molecular flexibility index (Phi) is 7.76. The van der Waals surface area contributed by atoms with Crippen LogP contribution >= 0.6 is 23.2 Å². The summed E-state index contributed by atoms with van der Waals surface area (Å²) in [6.07, 6.45) is 3.30. The lowest BCUT2D eigenvalue weighted by Crippen LogP contribution is -2.47. The number of hydrogen-bond acceptors (Lipinski definition) is 3. The van der Waals surface area contributed by atoms with Gasteiger partial charge in [0.05, 0.1) is 21.7 Å². The lowest BCUT2D eigenvalue weighted by Gasteiger charge is -2.32. The van der Waals surface area contributed by atoms with Gasteiger partial charge in [0.1, 0.15) is 0 Å². The fraction of sp³-hybridized carbons (Fsp3) is 0.611. The highest BCUT2D eigenvalue weighted by Crippen LogP contribution is 2.26. The fourth-order valence-electron chi connectivity index (χ4n) is 3.21. The van der Waals surface area contributed by atoms with Gasteiger partial charge in [0, 0.05) is 19.1 Å². The fourth-order valence-corrected chi connectivity index (χ4v) is 5.12. The quantitative estimate of drug-likeness (QED) is 0.728. The molecule has 1 heterocycles. The molecule has 1 aromatic rings. The van der Waals surface area contributed by atoms with Gasteiger partial charge in [0.2, 0.25) is 15.9 Å². The van der Waals surface area contributed by atoms with E-state index < -0.39 is 10.0 Å². The number of piperidine rings is 1. The number of halogens is 2. The SMILES string of the molecule is CCC[C@H](C)NC(=O)[C@H]1CCCN(S(=O)(=O)Cc2ccc(Cl)c(Cl)c2)C1. The summed E-state index contributed by atoms with van der Waals surface area (Å²) in [5.41, 5.74) is 0.586. The second-order valence-corrected chi connectivity index (χ2v) is 9.68. The molecule has 0 radical (unpaired) electrons. The van der Waals surface area contributed by atoms with Crippen molar-refractivity contribution < 1.29 is 13.2 Å². The summed E-state index contributed by atoms with van der Waals surface area (Å²) in [6.45, 7) is 4.72. The number of rotatable bonds is 7. The topological polar surface area (TPSA) is 66.5 Å². The second kappa shape index (κ2) is 9.40.